The summed E-state index contributed by atoms with van der Waals surface area (Å²) in [4.78, 5) is 2.37. The fraction of sp³-hybridized carbons (Fsp3) is 0.400. The second kappa shape index (κ2) is 14.2. The van der Waals surface area contributed by atoms with E-state index in [0.29, 0.717) is 12.4 Å². The van der Waals surface area contributed by atoms with Crippen molar-refractivity contribution in [1.29, 1.82) is 0 Å². The van der Waals surface area contributed by atoms with Gasteiger partial charge in [0.05, 0.1) is 43.1 Å². The molecule has 0 spiro atoms. The fourth-order valence-electron chi connectivity index (χ4n) is 8.42. The van der Waals surface area contributed by atoms with Crippen LogP contribution in [0.2, 0.25) is 0 Å². The summed E-state index contributed by atoms with van der Waals surface area (Å²) in [6.45, 7) is 0.366. The van der Waals surface area contributed by atoms with Crippen LogP contribution in [0.25, 0.3) is 0 Å². The second-order valence-electron chi connectivity index (χ2n) is 13.8. The number of phenolic OH excluding ortho intramolecular Hbond substituents is 2. The molecule has 4 aromatic rings. The molecule has 4 aromatic carbocycles. The molecule has 5 N–H and O–H groups in total. The maximum Gasteiger partial charge on any atom is 0.123 e. The number of hydrogen-bond donors (Lipinski definition) is 5. The molecule has 8 atom stereocenters. The minimum atomic E-state index is -0.187. The van der Waals surface area contributed by atoms with E-state index in [4.69, 9.17) is 14.2 Å². The summed E-state index contributed by atoms with van der Waals surface area (Å²) >= 11 is 3.42. The summed E-state index contributed by atoms with van der Waals surface area (Å²) in [5.41, 5.74) is 6.33. The topological polar surface area (TPSA) is 112 Å². The number of benzene rings is 4. The van der Waals surface area contributed by atoms with Crippen LogP contribution in [0, 0.1) is 11.8 Å². The highest BCUT2D eigenvalue weighted by atomic mass is 32.2. The van der Waals surface area contributed by atoms with Crippen molar-refractivity contribution in [2.75, 3.05) is 36.4 Å². The Bertz CT molecular complexity index is 1860. The normalized spacial score (nSPS) is 28.2. The van der Waals surface area contributed by atoms with Gasteiger partial charge in [-0.15, -0.1) is 23.5 Å². The van der Waals surface area contributed by atoms with E-state index in [1.165, 1.54) is 9.79 Å². The summed E-state index contributed by atoms with van der Waals surface area (Å²) < 4.78 is 19.8. The lowest BCUT2D eigenvalue weighted by molar-refractivity contribution is -0.110. The van der Waals surface area contributed by atoms with Crippen molar-refractivity contribution in [2.24, 2.45) is 11.8 Å². The van der Waals surface area contributed by atoms with Gasteiger partial charge in [-0.1, -0.05) is 12.1 Å². The minimum Gasteiger partial charge on any atom is -0.508 e. The van der Waals surface area contributed by atoms with E-state index >= 15 is 0 Å². The van der Waals surface area contributed by atoms with E-state index in [1.807, 2.05) is 24.3 Å². The Balaban J connectivity index is 1.02. The maximum absolute atomic E-state index is 10.9. The Hall–Kier alpha value is -3.54. The molecule has 4 aliphatic rings. The fourth-order valence-corrected chi connectivity index (χ4v) is 9.31. The summed E-state index contributed by atoms with van der Waals surface area (Å²) in [6, 6.07) is 25.9. The zero-order chi connectivity index (χ0) is 34.4. The number of anilines is 2. The van der Waals surface area contributed by atoms with E-state index in [9.17, 15) is 15.3 Å². The van der Waals surface area contributed by atoms with Gasteiger partial charge in [0, 0.05) is 50.2 Å². The quantitative estimate of drug-likeness (QED) is 0.114. The lowest BCUT2D eigenvalue weighted by atomic mass is 9.76. The molecule has 4 heterocycles. The monoisotopic (exact) mass is 712 g/mol. The van der Waals surface area contributed by atoms with Gasteiger partial charge >= 0.3 is 0 Å². The van der Waals surface area contributed by atoms with Crippen LogP contribution < -0.4 is 15.4 Å². The molecule has 8 nitrogen and oxygen atoms in total. The molecular formula is C40H44N2O6S2. The van der Waals surface area contributed by atoms with Crippen molar-refractivity contribution in [2.45, 2.75) is 72.0 Å². The second-order valence-corrected chi connectivity index (χ2v) is 15.6. The van der Waals surface area contributed by atoms with Gasteiger partial charge in [0.15, 0.2) is 0 Å². The Kier molecular flexibility index (Phi) is 9.56. The van der Waals surface area contributed by atoms with Gasteiger partial charge < -0.3 is 40.2 Å². The molecule has 0 aromatic heterocycles. The third-order valence-electron chi connectivity index (χ3n) is 10.9. The smallest absolute Gasteiger partial charge is 0.123 e. The van der Waals surface area contributed by atoms with Crippen molar-refractivity contribution in [1.82, 2.24) is 0 Å². The molecule has 262 valence electrons. The molecule has 0 amide bonds. The van der Waals surface area contributed by atoms with Crippen LogP contribution in [0.4, 0.5) is 11.4 Å². The molecule has 0 bridgehead atoms. The molecule has 2 fully saturated rings. The third-order valence-corrected chi connectivity index (χ3v) is 12.3. The molecule has 2 unspecified atom stereocenters. The number of aliphatic hydroxyl groups excluding tert-OH is 1. The average molecular weight is 713 g/mol. The molecule has 2 saturated heterocycles. The molecular weight excluding hydrogens is 669 g/mol. The number of thioether (sulfide) groups is 2. The van der Waals surface area contributed by atoms with Crippen LogP contribution in [0.1, 0.15) is 72.2 Å². The summed E-state index contributed by atoms with van der Waals surface area (Å²) in [6.07, 6.45) is 6.98. The summed E-state index contributed by atoms with van der Waals surface area (Å²) in [5.74, 6) is 1.33. The number of nitrogens with one attached hydrogen (secondary N) is 2. The predicted octanol–water partition coefficient (Wildman–Crippen LogP) is 8.62. The lowest BCUT2D eigenvalue weighted by Crippen LogP contribution is -2.40. The molecule has 0 aliphatic carbocycles. The first-order valence-corrected chi connectivity index (χ1v) is 19.9. The number of ether oxygens (including phenoxy) is 3. The molecule has 4 aliphatic heterocycles. The molecule has 0 saturated carbocycles. The highest BCUT2D eigenvalue weighted by Gasteiger charge is 2.44. The van der Waals surface area contributed by atoms with Gasteiger partial charge in [0.2, 0.25) is 0 Å². The third kappa shape index (κ3) is 6.52. The summed E-state index contributed by atoms with van der Waals surface area (Å²) in [7, 11) is 0. The highest BCUT2D eigenvalue weighted by molar-refractivity contribution is 7.98. The maximum atomic E-state index is 10.9. The van der Waals surface area contributed by atoms with Crippen molar-refractivity contribution in [3.05, 3.63) is 101 Å². The Morgan fingerprint density at radius 3 is 1.90 bits per heavy atom. The zero-order valence-electron chi connectivity index (χ0n) is 28.2. The van der Waals surface area contributed by atoms with Crippen molar-refractivity contribution in [3.8, 4) is 17.2 Å². The van der Waals surface area contributed by atoms with E-state index in [1.54, 1.807) is 35.7 Å². The van der Waals surface area contributed by atoms with Crippen molar-refractivity contribution >= 4 is 34.9 Å². The molecule has 50 heavy (non-hydrogen) atoms. The average Bonchev–Trinajstić information content (AvgIpc) is 3.15. The highest BCUT2D eigenvalue weighted by Crippen LogP contribution is 2.53. The van der Waals surface area contributed by atoms with Crippen LogP contribution in [-0.2, 0) is 9.47 Å². The van der Waals surface area contributed by atoms with Gasteiger partial charge in [-0.25, -0.2) is 0 Å². The van der Waals surface area contributed by atoms with Gasteiger partial charge in [0.25, 0.3) is 0 Å². The zero-order valence-corrected chi connectivity index (χ0v) is 29.9. The minimum absolute atomic E-state index is 0.00511. The standard InChI is InChI=1S/C40H44N2O6S2/c1-49-29-9-13-36-33(18-29)39-32(10-6-26(20-43)47-39)38(42-36)23-15-25(45)17-28(16-23)46-21-27-7-11-31-37(22-4-3-5-24(44)14-22)41-35-12-8-30(50-2)19-34(35)40(31)48-27/h3-5,8-9,12-19,26-27,31-32,37-45H,6-7,10-11,20-21H2,1-2H3/t26?,27?,31-,32-,37+,38-,39-,40-/m0/s1. The van der Waals surface area contributed by atoms with Crippen LogP contribution >= 0.6 is 23.5 Å². The number of phenols is 2. The number of hydrogen-bond acceptors (Lipinski definition) is 10. The van der Waals surface area contributed by atoms with Gasteiger partial charge in [0.1, 0.15) is 23.9 Å². The molecule has 0 radical (unpaired) electrons. The van der Waals surface area contributed by atoms with E-state index in [-0.39, 0.29) is 66.4 Å². The van der Waals surface area contributed by atoms with Crippen molar-refractivity contribution in [3.63, 3.8) is 0 Å². The van der Waals surface area contributed by atoms with Gasteiger partial charge in [-0.3, -0.25) is 0 Å². The van der Waals surface area contributed by atoms with Crippen LogP contribution in [0.3, 0.4) is 0 Å². The van der Waals surface area contributed by atoms with Gasteiger partial charge in [-0.2, -0.15) is 0 Å². The lowest BCUT2D eigenvalue weighted by Gasteiger charge is -2.46. The predicted molar refractivity (Wildman–Crippen MR) is 199 cm³/mol. The number of aliphatic hydroxyl groups is 1. The van der Waals surface area contributed by atoms with Crippen LogP contribution in [0.15, 0.2) is 88.7 Å². The van der Waals surface area contributed by atoms with Crippen molar-refractivity contribution < 1.29 is 29.5 Å². The first-order valence-electron chi connectivity index (χ1n) is 17.5. The first kappa shape index (κ1) is 33.6. The Morgan fingerprint density at radius 2 is 1.28 bits per heavy atom. The number of rotatable bonds is 8. The van der Waals surface area contributed by atoms with E-state index in [2.05, 4.69) is 65.6 Å². The SMILES string of the molecule is CSc1ccc2c(c1)[C@H]1OC(CO)CC[C@H]1[C@H](c1cc(O)cc(OCC3CC[C@H]4[C@@H](c5cccc(O)c5)Nc5ccc(SC)cc5[C@H]4O3)c1)N2. The van der Waals surface area contributed by atoms with Crippen LogP contribution in [0.5, 0.6) is 17.2 Å². The molecule has 10 heteroatoms. The Morgan fingerprint density at radius 1 is 0.680 bits per heavy atom. The van der Waals surface area contributed by atoms with Crippen LogP contribution in [-0.4, -0.2) is 53.3 Å². The number of aromatic hydroxyl groups is 2. The number of fused-ring (bicyclic) bond motifs is 6. The largest absolute Gasteiger partial charge is 0.508 e. The van der Waals surface area contributed by atoms with E-state index < -0.39 is 0 Å². The van der Waals surface area contributed by atoms with E-state index in [0.717, 1.165) is 59.3 Å². The first-order chi connectivity index (χ1) is 24.4. The molecule has 8 rings (SSSR count). The van der Waals surface area contributed by atoms with Gasteiger partial charge in [-0.05, 0) is 110 Å². The summed E-state index contributed by atoms with van der Waals surface area (Å²) in [5, 5.41) is 38.7. The Labute approximate surface area is 301 Å².